The van der Waals surface area contributed by atoms with Crippen molar-refractivity contribution in [1.29, 1.82) is 0 Å². The fraction of sp³-hybridized carbons (Fsp3) is 0.300. The predicted octanol–water partition coefficient (Wildman–Crippen LogP) is 6.84. The van der Waals surface area contributed by atoms with Crippen LogP contribution < -0.4 is 15.4 Å². The minimum Gasteiger partial charge on any atom is -0.493 e. The molecule has 0 unspecified atom stereocenters. The Balaban J connectivity index is 2.00. The number of rotatable bonds is 8. The first kappa shape index (κ1) is 22.9. The van der Waals surface area contributed by atoms with Gasteiger partial charge in [-0.15, -0.1) is 0 Å². The fourth-order valence-corrected chi connectivity index (χ4v) is 3.29. The first-order valence-corrected chi connectivity index (χ1v) is 10.9. The number of nitrogens with one attached hydrogen (secondary N) is 2. The number of hydrogen-bond acceptors (Lipinski definition) is 3. The Morgan fingerprint density at radius 1 is 1.11 bits per heavy atom. The van der Waals surface area contributed by atoms with E-state index in [1.54, 1.807) is 30.3 Å². The largest absolute Gasteiger partial charge is 0.493 e. The third-order valence-corrected chi connectivity index (χ3v) is 5.28. The van der Waals surface area contributed by atoms with Gasteiger partial charge in [-0.3, -0.25) is 10.1 Å². The fourth-order valence-electron chi connectivity index (χ4n) is 2.42. The van der Waals surface area contributed by atoms with Crippen LogP contribution in [0.3, 0.4) is 0 Å². The van der Waals surface area contributed by atoms with E-state index in [0.717, 1.165) is 23.7 Å². The highest BCUT2D eigenvalue weighted by Crippen LogP contribution is 2.26. The summed E-state index contributed by atoms with van der Waals surface area (Å²) in [6.07, 6.45) is 4.38. The maximum absolute atomic E-state index is 12.7. The van der Waals surface area contributed by atoms with Crippen LogP contribution in [0.25, 0.3) is 0 Å². The van der Waals surface area contributed by atoms with E-state index in [4.69, 9.17) is 40.2 Å². The van der Waals surface area contributed by atoms with Crippen molar-refractivity contribution in [2.45, 2.75) is 32.6 Å². The van der Waals surface area contributed by atoms with Crippen LogP contribution in [0.4, 0.5) is 5.69 Å². The van der Waals surface area contributed by atoms with Crippen molar-refractivity contribution in [1.82, 2.24) is 5.32 Å². The zero-order chi connectivity index (χ0) is 20.5. The molecule has 0 bridgehead atoms. The number of amides is 1. The topological polar surface area (TPSA) is 50.4 Å². The van der Waals surface area contributed by atoms with Crippen LogP contribution in [0, 0.1) is 0 Å². The Labute approximate surface area is 189 Å². The second kappa shape index (κ2) is 11.6. The highest BCUT2D eigenvalue weighted by atomic mass is 79.9. The smallest absolute Gasteiger partial charge is 0.261 e. The molecule has 0 aromatic heterocycles. The Kier molecular flexibility index (Phi) is 9.51. The second-order valence-corrected chi connectivity index (χ2v) is 8.23. The van der Waals surface area contributed by atoms with Gasteiger partial charge in [-0.2, -0.15) is 0 Å². The van der Waals surface area contributed by atoms with Crippen molar-refractivity contribution in [3.05, 3.63) is 56.5 Å². The summed E-state index contributed by atoms with van der Waals surface area (Å²) in [5, 5.41) is 6.56. The zero-order valence-electron chi connectivity index (χ0n) is 15.4. The van der Waals surface area contributed by atoms with Gasteiger partial charge in [0.15, 0.2) is 5.11 Å². The third kappa shape index (κ3) is 7.24. The normalized spacial score (nSPS) is 10.4. The van der Waals surface area contributed by atoms with Gasteiger partial charge in [0.1, 0.15) is 5.75 Å². The molecule has 0 fully saturated rings. The molecular weight excluding hydrogens is 483 g/mol. The van der Waals surface area contributed by atoms with Gasteiger partial charge in [0, 0.05) is 10.2 Å². The minimum atomic E-state index is -0.359. The molecule has 0 spiro atoms. The average molecular weight is 504 g/mol. The van der Waals surface area contributed by atoms with Crippen molar-refractivity contribution < 1.29 is 9.53 Å². The highest BCUT2D eigenvalue weighted by molar-refractivity contribution is 9.10. The molecule has 0 aliphatic heterocycles. The molecule has 2 N–H and O–H groups in total. The number of ether oxygens (including phenoxy) is 1. The summed E-state index contributed by atoms with van der Waals surface area (Å²) in [6, 6.07) is 10.3. The molecule has 2 aromatic rings. The molecule has 28 heavy (non-hydrogen) atoms. The number of thiocarbonyl (C=S) groups is 1. The minimum absolute atomic E-state index is 0.150. The summed E-state index contributed by atoms with van der Waals surface area (Å²) < 4.78 is 6.59. The highest BCUT2D eigenvalue weighted by Gasteiger charge is 2.15. The number of halogens is 3. The van der Waals surface area contributed by atoms with E-state index in [2.05, 4.69) is 33.5 Å². The Morgan fingerprint density at radius 2 is 1.89 bits per heavy atom. The van der Waals surface area contributed by atoms with E-state index < -0.39 is 0 Å². The molecule has 0 saturated heterocycles. The first-order chi connectivity index (χ1) is 13.4. The van der Waals surface area contributed by atoms with Crippen molar-refractivity contribution in [3.8, 4) is 5.75 Å². The van der Waals surface area contributed by atoms with Gasteiger partial charge < -0.3 is 10.1 Å². The standard InChI is InChI=1S/C20H21BrCl2N2O2S/c1-2-3-4-5-10-27-18-9-6-13(21)11-15(18)19(26)25-20(28)24-14-7-8-16(22)17(23)12-14/h6-9,11-12H,2-5,10H2,1H3,(H2,24,25,26,28). The number of hydrogen-bond donors (Lipinski definition) is 2. The molecule has 0 radical (unpaired) electrons. The van der Waals surface area contributed by atoms with Gasteiger partial charge in [-0.25, -0.2) is 0 Å². The van der Waals surface area contributed by atoms with Crippen LogP contribution in [0.15, 0.2) is 40.9 Å². The van der Waals surface area contributed by atoms with Gasteiger partial charge in [0.25, 0.3) is 5.91 Å². The van der Waals surface area contributed by atoms with E-state index in [0.29, 0.717) is 33.7 Å². The molecular formula is C20H21BrCl2N2O2S. The monoisotopic (exact) mass is 502 g/mol. The zero-order valence-corrected chi connectivity index (χ0v) is 19.3. The van der Waals surface area contributed by atoms with Crippen LogP contribution in [0.1, 0.15) is 43.0 Å². The van der Waals surface area contributed by atoms with Gasteiger partial charge in [-0.05, 0) is 55.0 Å². The first-order valence-electron chi connectivity index (χ1n) is 8.90. The van der Waals surface area contributed by atoms with Crippen LogP contribution in [-0.2, 0) is 0 Å². The maximum Gasteiger partial charge on any atom is 0.261 e. The maximum atomic E-state index is 12.7. The SMILES string of the molecule is CCCCCCOc1ccc(Br)cc1C(=O)NC(=S)Nc1ccc(Cl)c(Cl)c1. The summed E-state index contributed by atoms with van der Waals surface area (Å²) in [6.45, 7) is 2.72. The molecule has 0 aliphatic rings. The Bertz CT molecular complexity index is 849. The van der Waals surface area contributed by atoms with Crippen LogP contribution >= 0.6 is 51.3 Å². The van der Waals surface area contributed by atoms with Gasteiger partial charge in [-0.1, -0.05) is 65.3 Å². The molecule has 0 heterocycles. The molecule has 0 aliphatic carbocycles. The van der Waals surface area contributed by atoms with E-state index in [-0.39, 0.29) is 11.0 Å². The number of carbonyl (C=O) groups excluding carboxylic acids is 1. The predicted molar refractivity (Wildman–Crippen MR) is 124 cm³/mol. The average Bonchev–Trinajstić information content (AvgIpc) is 2.65. The summed E-state index contributed by atoms with van der Waals surface area (Å²) in [5.41, 5.74) is 1.03. The number of unbranched alkanes of at least 4 members (excludes halogenated alkanes) is 3. The molecule has 2 aromatic carbocycles. The molecule has 4 nitrogen and oxygen atoms in total. The Hall–Kier alpha value is -1.34. The van der Waals surface area contributed by atoms with E-state index >= 15 is 0 Å². The van der Waals surface area contributed by atoms with Crippen molar-refractivity contribution in [3.63, 3.8) is 0 Å². The van der Waals surface area contributed by atoms with Crippen molar-refractivity contribution >= 4 is 68.1 Å². The van der Waals surface area contributed by atoms with E-state index in [1.165, 1.54) is 6.42 Å². The third-order valence-electron chi connectivity index (χ3n) is 3.85. The number of anilines is 1. The van der Waals surface area contributed by atoms with Crippen molar-refractivity contribution in [2.24, 2.45) is 0 Å². The van der Waals surface area contributed by atoms with Crippen LogP contribution in [0.2, 0.25) is 10.0 Å². The van der Waals surface area contributed by atoms with Crippen LogP contribution in [0.5, 0.6) is 5.75 Å². The Morgan fingerprint density at radius 3 is 2.61 bits per heavy atom. The molecule has 8 heteroatoms. The van der Waals surface area contributed by atoms with Gasteiger partial charge >= 0.3 is 0 Å². The molecule has 0 saturated carbocycles. The van der Waals surface area contributed by atoms with E-state index in [9.17, 15) is 4.79 Å². The van der Waals surface area contributed by atoms with Crippen LogP contribution in [-0.4, -0.2) is 17.6 Å². The number of benzene rings is 2. The van der Waals surface area contributed by atoms with E-state index in [1.807, 2.05) is 6.07 Å². The molecule has 0 atom stereocenters. The van der Waals surface area contributed by atoms with Gasteiger partial charge in [0.05, 0.1) is 22.2 Å². The molecule has 1 amide bonds. The lowest BCUT2D eigenvalue weighted by atomic mass is 10.2. The summed E-state index contributed by atoms with van der Waals surface area (Å²) in [5.74, 6) is 0.164. The van der Waals surface area contributed by atoms with Crippen molar-refractivity contribution in [2.75, 3.05) is 11.9 Å². The number of carbonyl (C=O) groups is 1. The quantitative estimate of drug-likeness (QED) is 0.305. The lowest BCUT2D eigenvalue weighted by Gasteiger charge is -2.14. The summed E-state index contributed by atoms with van der Waals surface area (Å²) >= 11 is 20.5. The summed E-state index contributed by atoms with van der Waals surface area (Å²) in [7, 11) is 0. The lowest BCUT2D eigenvalue weighted by Crippen LogP contribution is -2.34. The van der Waals surface area contributed by atoms with Gasteiger partial charge in [0.2, 0.25) is 0 Å². The molecule has 150 valence electrons. The lowest BCUT2D eigenvalue weighted by molar-refractivity contribution is 0.0973. The summed E-state index contributed by atoms with van der Waals surface area (Å²) in [4.78, 5) is 12.7. The second-order valence-electron chi connectivity index (χ2n) is 6.09. The molecule has 2 rings (SSSR count).